The van der Waals surface area contributed by atoms with Crippen molar-refractivity contribution in [1.29, 1.82) is 0 Å². The zero-order valence-corrected chi connectivity index (χ0v) is 16.4. The Bertz CT molecular complexity index is 906. The molecule has 0 saturated carbocycles. The Morgan fingerprint density at radius 3 is 2.65 bits per heavy atom. The Morgan fingerprint density at radius 1 is 1.19 bits per heavy atom. The minimum Gasteiger partial charge on any atom is -0.493 e. The number of halogens is 2. The van der Waals surface area contributed by atoms with Crippen molar-refractivity contribution in [2.75, 3.05) is 19.4 Å². The highest BCUT2D eigenvalue weighted by Crippen LogP contribution is 2.29. The normalized spacial score (nSPS) is 10.9. The second-order valence-corrected chi connectivity index (χ2v) is 7.42. The molecule has 26 heavy (non-hydrogen) atoms. The number of methoxy groups -OCH3 is 1. The van der Waals surface area contributed by atoms with Crippen LogP contribution in [0.5, 0.6) is 5.75 Å². The highest BCUT2D eigenvalue weighted by Gasteiger charge is 2.14. The van der Waals surface area contributed by atoms with E-state index in [-0.39, 0.29) is 11.7 Å². The molecule has 0 unspecified atom stereocenters. The van der Waals surface area contributed by atoms with Crippen molar-refractivity contribution < 1.29 is 13.9 Å². The van der Waals surface area contributed by atoms with Gasteiger partial charge in [-0.2, -0.15) is 11.8 Å². The number of hydrogen-bond acceptors (Lipinski definition) is 4. The molecule has 0 saturated heterocycles. The van der Waals surface area contributed by atoms with Crippen LogP contribution in [0, 0.1) is 0 Å². The molecule has 0 aliphatic heterocycles. The summed E-state index contributed by atoms with van der Waals surface area (Å²) in [6.07, 6.45) is 0. The summed E-state index contributed by atoms with van der Waals surface area (Å²) < 4.78 is 10.9. The summed E-state index contributed by atoms with van der Waals surface area (Å²) >= 11 is 13.9. The van der Waals surface area contributed by atoms with E-state index < -0.39 is 0 Å². The molecule has 1 amide bonds. The lowest BCUT2D eigenvalue weighted by Crippen LogP contribution is -2.25. The number of rotatable bonds is 7. The van der Waals surface area contributed by atoms with E-state index in [2.05, 4.69) is 5.32 Å². The molecule has 0 spiro atoms. The molecule has 7 heteroatoms. The third-order valence-corrected chi connectivity index (χ3v) is 5.49. The maximum atomic E-state index is 12.3. The number of carbonyl (C=O) groups excluding carboxylic acids is 1. The lowest BCUT2D eigenvalue weighted by molar-refractivity contribution is 0.0930. The van der Waals surface area contributed by atoms with Gasteiger partial charge in [0.2, 0.25) is 0 Å². The fraction of sp³-hybridized carbons (Fsp3) is 0.211. The van der Waals surface area contributed by atoms with Crippen LogP contribution in [0.15, 0.2) is 46.9 Å². The maximum Gasteiger partial charge on any atom is 0.287 e. The van der Waals surface area contributed by atoms with Gasteiger partial charge in [0, 0.05) is 33.5 Å². The van der Waals surface area contributed by atoms with Gasteiger partial charge >= 0.3 is 0 Å². The van der Waals surface area contributed by atoms with Gasteiger partial charge < -0.3 is 14.5 Å². The summed E-state index contributed by atoms with van der Waals surface area (Å²) in [4.78, 5) is 12.3. The molecule has 3 rings (SSSR count). The predicted octanol–water partition coefficient (Wildman–Crippen LogP) is 5.41. The van der Waals surface area contributed by atoms with E-state index in [1.807, 2.05) is 30.3 Å². The van der Waals surface area contributed by atoms with E-state index in [4.69, 9.17) is 32.4 Å². The van der Waals surface area contributed by atoms with E-state index in [1.54, 1.807) is 31.0 Å². The number of ether oxygens (including phenoxy) is 1. The van der Waals surface area contributed by atoms with Gasteiger partial charge in [-0.15, -0.1) is 0 Å². The standard InChI is InChI=1S/C19H17Cl2NO3S/c1-24-16-7-2-4-12-10-17(25-18(12)16)19(23)22-8-9-26-11-13-14(20)5-3-6-15(13)21/h2-7,10H,8-9,11H2,1H3,(H,22,23). The molecule has 0 fully saturated rings. The quantitative estimate of drug-likeness (QED) is 0.529. The molecule has 0 aliphatic carbocycles. The van der Waals surface area contributed by atoms with Crippen LogP contribution in [-0.2, 0) is 5.75 Å². The van der Waals surface area contributed by atoms with Crippen LogP contribution in [0.3, 0.4) is 0 Å². The fourth-order valence-corrected chi connectivity index (χ4v) is 4.07. The SMILES string of the molecule is COc1cccc2cc(C(=O)NCCSCc3c(Cl)cccc3Cl)oc12. The van der Waals surface area contributed by atoms with Crippen LogP contribution in [-0.4, -0.2) is 25.3 Å². The van der Waals surface area contributed by atoms with E-state index in [1.165, 1.54) is 0 Å². The number of hydrogen-bond donors (Lipinski definition) is 1. The van der Waals surface area contributed by atoms with Crippen molar-refractivity contribution in [2.45, 2.75) is 5.75 Å². The first kappa shape index (κ1) is 19.0. The highest BCUT2D eigenvalue weighted by atomic mass is 35.5. The largest absolute Gasteiger partial charge is 0.493 e. The molecule has 1 heterocycles. The van der Waals surface area contributed by atoms with Crippen molar-refractivity contribution >= 4 is 51.8 Å². The number of para-hydroxylation sites is 1. The Kier molecular flexibility index (Phi) is 6.35. The minimum absolute atomic E-state index is 0.250. The predicted molar refractivity (Wildman–Crippen MR) is 108 cm³/mol. The number of furan rings is 1. The molecule has 4 nitrogen and oxygen atoms in total. The zero-order chi connectivity index (χ0) is 18.5. The number of thioether (sulfide) groups is 1. The summed E-state index contributed by atoms with van der Waals surface area (Å²) in [5, 5.41) is 5.00. The average Bonchev–Trinajstić information content (AvgIpc) is 3.07. The third-order valence-electron chi connectivity index (χ3n) is 3.79. The smallest absolute Gasteiger partial charge is 0.287 e. The number of carbonyl (C=O) groups is 1. The first-order valence-electron chi connectivity index (χ1n) is 7.95. The second-order valence-electron chi connectivity index (χ2n) is 5.50. The third kappa shape index (κ3) is 4.29. The number of fused-ring (bicyclic) bond motifs is 1. The lowest BCUT2D eigenvalue weighted by atomic mass is 10.2. The highest BCUT2D eigenvalue weighted by molar-refractivity contribution is 7.98. The van der Waals surface area contributed by atoms with Gasteiger partial charge in [-0.1, -0.05) is 41.4 Å². The van der Waals surface area contributed by atoms with Crippen molar-refractivity contribution in [3.63, 3.8) is 0 Å². The summed E-state index contributed by atoms with van der Waals surface area (Å²) in [6.45, 7) is 0.514. The van der Waals surface area contributed by atoms with Gasteiger partial charge in [-0.25, -0.2) is 0 Å². The van der Waals surface area contributed by atoms with Crippen molar-refractivity contribution in [3.05, 3.63) is 63.8 Å². The first-order chi connectivity index (χ1) is 12.6. The molecule has 0 radical (unpaired) electrons. The molecule has 3 aromatic rings. The topological polar surface area (TPSA) is 51.5 Å². The van der Waals surface area contributed by atoms with Crippen molar-refractivity contribution in [2.24, 2.45) is 0 Å². The van der Waals surface area contributed by atoms with Gasteiger partial charge in [0.15, 0.2) is 17.1 Å². The van der Waals surface area contributed by atoms with Gasteiger partial charge in [-0.3, -0.25) is 4.79 Å². The fourth-order valence-electron chi connectivity index (χ4n) is 2.48. The van der Waals surface area contributed by atoms with Gasteiger partial charge in [-0.05, 0) is 29.8 Å². The lowest BCUT2D eigenvalue weighted by Gasteiger charge is -2.07. The zero-order valence-electron chi connectivity index (χ0n) is 14.1. The molecular formula is C19H17Cl2NO3S. The van der Waals surface area contributed by atoms with Crippen LogP contribution in [0.4, 0.5) is 0 Å². The van der Waals surface area contributed by atoms with Crippen LogP contribution in [0.2, 0.25) is 10.0 Å². The van der Waals surface area contributed by atoms with E-state index in [0.717, 1.165) is 16.7 Å². The Labute approximate surface area is 165 Å². The van der Waals surface area contributed by atoms with Crippen LogP contribution in [0.25, 0.3) is 11.0 Å². The summed E-state index contributed by atoms with van der Waals surface area (Å²) in [5.74, 6) is 2.05. The van der Waals surface area contributed by atoms with Crippen LogP contribution < -0.4 is 10.1 Å². The Morgan fingerprint density at radius 2 is 1.92 bits per heavy atom. The van der Waals surface area contributed by atoms with Crippen LogP contribution >= 0.6 is 35.0 Å². The minimum atomic E-state index is -0.250. The maximum absolute atomic E-state index is 12.3. The summed E-state index contributed by atoms with van der Waals surface area (Å²) in [7, 11) is 1.57. The number of benzene rings is 2. The summed E-state index contributed by atoms with van der Waals surface area (Å²) in [5.41, 5.74) is 1.49. The molecular weight excluding hydrogens is 393 g/mol. The first-order valence-corrected chi connectivity index (χ1v) is 9.86. The average molecular weight is 410 g/mol. The van der Waals surface area contributed by atoms with Gasteiger partial charge in [0.05, 0.1) is 7.11 Å². The Hall–Kier alpha value is -1.82. The van der Waals surface area contributed by atoms with E-state index in [0.29, 0.717) is 33.7 Å². The molecule has 0 bridgehead atoms. The molecule has 1 aromatic heterocycles. The van der Waals surface area contributed by atoms with Gasteiger partial charge in [0.25, 0.3) is 5.91 Å². The molecule has 1 N–H and O–H groups in total. The van der Waals surface area contributed by atoms with E-state index >= 15 is 0 Å². The molecule has 0 atom stereocenters. The van der Waals surface area contributed by atoms with Crippen LogP contribution in [0.1, 0.15) is 16.1 Å². The number of nitrogens with one attached hydrogen (secondary N) is 1. The van der Waals surface area contributed by atoms with Crippen molar-refractivity contribution in [3.8, 4) is 5.75 Å². The van der Waals surface area contributed by atoms with E-state index in [9.17, 15) is 4.79 Å². The van der Waals surface area contributed by atoms with Crippen molar-refractivity contribution in [1.82, 2.24) is 5.32 Å². The molecule has 0 aliphatic rings. The van der Waals surface area contributed by atoms with Gasteiger partial charge in [0.1, 0.15) is 0 Å². The second kappa shape index (κ2) is 8.71. The number of amides is 1. The molecule has 2 aromatic carbocycles. The monoisotopic (exact) mass is 409 g/mol. The Balaban J connectivity index is 1.52. The molecule has 136 valence electrons. The summed E-state index contributed by atoms with van der Waals surface area (Å²) in [6, 6.07) is 12.7.